The van der Waals surface area contributed by atoms with Crippen molar-refractivity contribution in [1.82, 2.24) is 24.7 Å². The fourth-order valence-corrected chi connectivity index (χ4v) is 4.45. The molecule has 8 heteroatoms. The summed E-state index contributed by atoms with van der Waals surface area (Å²) < 4.78 is 17.2. The van der Waals surface area contributed by atoms with Crippen LogP contribution in [0, 0.1) is 0 Å². The van der Waals surface area contributed by atoms with Gasteiger partial charge in [0, 0.05) is 23.6 Å². The molecule has 2 N–H and O–H groups in total. The van der Waals surface area contributed by atoms with Gasteiger partial charge in [-0.1, -0.05) is 36.4 Å². The average molecular weight is 450 g/mol. The van der Waals surface area contributed by atoms with Gasteiger partial charge in [-0.25, -0.2) is 14.0 Å². The fraction of sp³-hybridized carbons (Fsp3) is 0.292. The third-order valence-electron chi connectivity index (χ3n) is 5.37. The van der Waals surface area contributed by atoms with Gasteiger partial charge in [0.25, 0.3) is 5.56 Å². The summed E-state index contributed by atoms with van der Waals surface area (Å²) in [5.41, 5.74) is 4.33. The van der Waals surface area contributed by atoms with Crippen LogP contribution in [-0.2, 0) is 18.0 Å². The van der Waals surface area contributed by atoms with Crippen molar-refractivity contribution in [2.24, 2.45) is 7.05 Å². The van der Waals surface area contributed by atoms with Gasteiger partial charge in [0.05, 0.1) is 44.7 Å². The van der Waals surface area contributed by atoms with E-state index in [0.717, 1.165) is 27.8 Å². The molecule has 166 valence electrons. The quantitative estimate of drug-likeness (QED) is 0.480. The van der Waals surface area contributed by atoms with Crippen LogP contribution in [0.3, 0.4) is 0 Å². The van der Waals surface area contributed by atoms with Gasteiger partial charge in [-0.3, -0.25) is 9.48 Å². The lowest BCUT2D eigenvalue weighted by Gasteiger charge is -2.22. The lowest BCUT2D eigenvalue weighted by molar-refractivity contribution is 0.610. The number of aromatic amines is 1. The monoisotopic (exact) mass is 449 g/mol. The molecule has 2 aromatic heterocycles. The Kier molecular flexibility index (Phi) is 5.83. The van der Waals surface area contributed by atoms with Gasteiger partial charge < -0.3 is 0 Å². The number of aromatic nitrogens is 4. The van der Waals surface area contributed by atoms with Crippen LogP contribution in [-0.4, -0.2) is 28.9 Å². The summed E-state index contributed by atoms with van der Waals surface area (Å²) >= 11 is 0. The number of benzene rings is 2. The number of hydrogen-bond donors (Lipinski definition) is 2. The minimum atomic E-state index is -1.28. The number of rotatable bonds is 5. The SMILES string of the molecule is CC(NS(=O)C(C)(C)C)c1n[nH]c(=O)c2ccc(-c3cnn(C)c3-c3ccccc3)cc12. The molecule has 2 unspecified atom stereocenters. The van der Waals surface area contributed by atoms with E-state index in [1.165, 1.54) is 0 Å². The summed E-state index contributed by atoms with van der Waals surface area (Å²) in [4.78, 5) is 12.5. The van der Waals surface area contributed by atoms with Gasteiger partial charge in [0.15, 0.2) is 0 Å². The first kappa shape index (κ1) is 22.1. The number of nitrogens with one attached hydrogen (secondary N) is 2. The first-order valence-corrected chi connectivity index (χ1v) is 11.6. The van der Waals surface area contributed by atoms with Gasteiger partial charge >= 0.3 is 0 Å². The number of aryl methyl sites for hydroxylation is 1. The third-order valence-corrected chi connectivity index (χ3v) is 7.05. The second-order valence-corrected chi connectivity index (χ2v) is 10.8. The lowest BCUT2D eigenvalue weighted by Crippen LogP contribution is -2.35. The topological polar surface area (TPSA) is 92.7 Å². The van der Waals surface area contributed by atoms with Crippen LogP contribution in [0.15, 0.2) is 59.5 Å². The van der Waals surface area contributed by atoms with E-state index in [-0.39, 0.29) is 11.6 Å². The molecule has 0 amide bonds. The predicted molar refractivity (Wildman–Crippen MR) is 129 cm³/mol. The van der Waals surface area contributed by atoms with E-state index in [1.807, 2.05) is 94.2 Å². The van der Waals surface area contributed by atoms with Crippen LogP contribution in [0.1, 0.15) is 39.4 Å². The van der Waals surface area contributed by atoms with Crippen LogP contribution in [0.4, 0.5) is 0 Å². The molecule has 0 radical (unpaired) electrons. The molecule has 0 fully saturated rings. The number of fused-ring (bicyclic) bond motifs is 1. The Morgan fingerprint density at radius 2 is 1.78 bits per heavy atom. The summed E-state index contributed by atoms with van der Waals surface area (Å²) in [5, 5.41) is 12.6. The summed E-state index contributed by atoms with van der Waals surface area (Å²) in [6.07, 6.45) is 1.83. The zero-order valence-corrected chi connectivity index (χ0v) is 19.7. The Balaban J connectivity index is 1.85. The second-order valence-electron chi connectivity index (χ2n) is 8.82. The number of hydrogen-bond acceptors (Lipinski definition) is 4. The van der Waals surface area contributed by atoms with E-state index < -0.39 is 15.7 Å². The number of H-pyrrole nitrogens is 1. The summed E-state index contributed by atoms with van der Waals surface area (Å²) in [6, 6.07) is 15.4. The van der Waals surface area contributed by atoms with E-state index in [0.29, 0.717) is 11.1 Å². The molecule has 0 aliphatic carbocycles. The van der Waals surface area contributed by atoms with Crippen LogP contribution >= 0.6 is 0 Å². The first-order valence-electron chi connectivity index (χ1n) is 10.4. The van der Waals surface area contributed by atoms with Gasteiger partial charge in [-0.05, 0) is 45.4 Å². The van der Waals surface area contributed by atoms with Gasteiger partial charge in [0.1, 0.15) is 0 Å². The summed E-state index contributed by atoms with van der Waals surface area (Å²) in [5.74, 6) is 0. The summed E-state index contributed by atoms with van der Waals surface area (Å²) in [7, 11) is 0.637. The van der Waals surface area contributed by atoms with E-state index in [1.54, 1.807) is 0 Å². The van der Waals surface area contributed by atoms with E-state index in [9.17, 15) is 9.00 Å². The van der Waals surface area contributed by atoms with Crippen molar-refractivity contribution in [1.29, 1.82) is 0 Å². The van der Waals surface area contributed by atoms with Crippen molar-refractivity contribution >= 4 is 21.8 Å². The molecular formula is C24H27N5O2S. The van der Waals surface area contributed by atoms with Gasteiger partial charge in [-0.15, -0.1) is 0 Å². The molecule has 2 aromatic carbocycles. The second kappa shape index (κ2) is 8.44. The molecule has 2 heterocycles. The van der Waals surface area contributed by atoms with Gasteiger partial charge in [0.2, 0.25) is 0 Å². The Bertz CT molecular complexity index is 1350. The zero-order valence-electron chi connectivity index (χ0n) is 18.8. The molecule has 0 aliphatic heterocycles. The smallest absolute Gasteiger partial charge is 0.267 e. The third kappa shape index (κ3) is 4.16. The van der Waals surface area contributed by atoms with E-state index in [2.05, 4.69) is 20.0 Å². The fourth-order valence-electron chi connectivity index (χ4n) is 3.66. The maximum absolute atomic E-state index is 12.6. The molecule has 0 bridgehead atoms. The Labute approximate surface area is 189 Å². The normalized spacial score (nSPS) is 13.9. The maximum atomic E-state index is 12.6. The van der Waals surface area contributed by atoms with Crippen LogP contribution in [0.25, 0.3) is 33.2 Å². The molecule has 7 nitrogen and oxygen atoms in total. The highest BCUT2D eigenvalue weighted by molar-refractivity contribution is 7.84. The molecule has 32 heavy (non-hydrogen) atoms. The molecule has 4 rings (SSSR count). The van der Waals surface area contributed by atoms with Crippen LogP contribution in [0.2, 0.25) is 0 Å². The molecule has 2 atom stereocenters. The molecule has 0 saturated carbocycles. The summed E-state index contributed by atoms with van der Waals surface area (Å²) in [6.45, 7) is 7.63. The highest BCUT2D eigenvalue weighted by Crippen LogP contribution is 2.34. The van der Waals surface area contributed by atoms with Gasteiger partial charge in [-0.2, -0.15) is 10.2 Å². The Morgan fingerprint density at radius 1 is 1.06 bits per heavy atom. The van der Waals surface area contributed by atoms with Crippen molar-refractivity contribution < 1.29 is 4.21 Å². The minimum absolute atomic E-state index is 0.256. The highest BCUT2D eigenvalue weighted by Gasteiger charge is 2.24. The van der Waals surface area contributed by atoms with E-state index >= 15 is 0 Å². The molecule has 0 saturated heterocycles. The van der Waals surface area contributed by atoms with Crippen molar-refractivity contribution in [2.75, 3.05) is 0 Å². The van der Waals surface area contributed by atoms with Crippen molar-refractivity contribution in [3.05, 3.63) is 70.8 Å². The van der Waals surface area contributed by atoms with Crippen molar-refractivity contribution in [2.45, 2.75) is 38.5 Å². The van der Waals surface area contributed by atoms with E-state index in [4.69, 9.17) is 0 Å². The van der Waals surface area contributed by atoms with Crippen LogP contribution in [0.5, 0.6) is 0 Å². The standard InChI is InChI=1S/C24H27N5O2S/c1-15(28-32(31)24(2,3)4)21-19-13-17(11-12-18(19)23(30)27-26-21)20-14-25-29(5)22(20)16-9-7-6-8-10-16/h6-15,28H,1-5H3,(H,27,30). The highest BCUT2D eigenvalue weighted by atomic mass is 32.2. The molecule has 0 aliphatic rings. The lowest BCUT2D eigenvalue weighted by atomic mass is 9.98. The first-order chi connectivity index (χ1) is 15.2. The Hall–Kier alpha value is -3.10. The molecular weight excluding hydrogens is 422 g/mol. The molecule has 4 aromatic rings. The number of nitrogens with zero attached hydrogens (tertiary/aromatic N) is 3. The zero-order chi connectivity index (χ0) is 23.0. The van der Waals surface area contributed by atoms with Crippen LogP contribution < -0.4 is 10.3 Å². The average Bonchev–Trinajstić information content (AvgIpc) is 3.15. The largest absolute Gasteiger partial charge is 0.272 e. The van der Waals surface area contributed by atoms with Crippen molar-refractivity contribution in [3.63, 3.8) is 0 Å². The predicted octanol–water partition coefficient (Wildman–Crippen LogP) is 4.10. The van der Waals surface area contributed by atoms with Crippen molar-refractivity contribution in [3.8, 4) is 22.4 Å². The minimum Gasteiger partial charge on any atom is -0.267 e. The molecule has 0 spiro atoms. The Morgan fingerprint density at radius 3 is 2.47 bits per heavy atom. The maximum Gasteiger partial charge on any atom is 0.272 e.